The predicted molar refractivity (Wildman–Crippen MR) is 148 cm³/mol. The second-order valence-electron chi connectivity index (χ2n) is 11.1. The maximum Gasteiger partial charge on any atom is 0.251 e. The van der Waals surface area contributed by atoms with Gasteiger partial charge in [-0.3, -0.25) is 14.5 Å². The molecule has 3 aromatic heterocycles. The molecule has 9 heteroatoms. The van der Waals surface area contributed by atoms with E-state index in [9.17, 15) is 19.1 Å². The van der Waals surface area contributed by atoms with Crippen molar-refractivity contribution in [3.8, 4) is 0 Å². The van der Waals surface area contributed by atoms with Gasteiger partial charge in [0.05, 0.1) is 11.0 Å². The summed E-state index contributed by atoms with van der Waals surface area (Å²) < 4.78 is 15.3. The van der Waals surface area contributed by atoms with Gasteiger partial charge in [0.2, 0.25) is 5.91 Å². The summed E-state index contributed by atoms with van der Waals surface area (Å²) in [6, 6.07) is 15.5. The monoisotopic (exact) mass is 531 g/mol. The molecule has 5 rings (SSSR count). The molecular weight excluding hydrogens is 497 g/mol. The summed E-state index contributed by atoms with van der Waals surface area (Å²) >= 11 is 0. The second kappa shape index (κ2) is 10.7. The number of likely N-dealkylation sites (tertiary alicyclic amines) is 1. The van der Waals surface area contributed by atoms with Gasteiger partial charge in [-0.2, -0.15) is 0 Å². The third kappa shape index (κ3) is 6.10. The highest BCUT2D eigenvalue weighted by atomic mass is 19.1. The van der Waals surface area contributed by atoms with Gasteiger partial charge in [0.15, 0.2) is 0 Å². The number of aryl methyl sites for hydroxylation is 1. The zero-order valence-corrected chi connectivity index (χ0v) is 22.4. The van der Waals surface area contributed by atoms with E-state index in [1.165, 1.54) is 16.3 Å². The van der Waals surface area contributed by atoms with Crippen molar-refractivity contribution in [2.75, 3.05) is 19.6 Å². The minimum Gasteiger partial charge on any atom is -0.389 e. The highest BCUT2D eigenvalue weighted by Gasteiger charge is 2.37. The maximum absolute atomic E-state index is 13.9. The number of H-pyrrole nitrogens is 1. The van der Waals surface area contributed by atoms with Crippen molar-refractivity contribution in [2.24, 2.45) is 0 Å². The number of aromatic nitrogens is 3. The first-order valence-corrected chi connectivity index (χ1v) is 13.2. The summed E-state index contributed by atoms with van der Waals surface area (Å²) in [5.74, 6) is -0.446. The Hall–Kier alpha value is -3.82. The summed E-state index contributed by atoms with van der Waals surface area (Å²) in [6.07, 6.45) is 2.83. The number of pyridine rings is 2. The third-order valence-electron chi connectivity index (χ3n) is 7.35. The number of fused-ring (bicyclic) bond motifs is 1. The molecule has 0 unspecified atom stereocenters. The SMILES string of the molecule is Cc1cc([C@@H]2CN(CC(C)(C)O)C[C@@H]2c2ccccc2)cc(=O)n1CC(=O)NCc1cnc2[nH]cc(F)c2c1. The van der Waals surface area contributed by atoms with Crippen LogP contribution < -0.4 is 10.9 Å². The Morgan fingerprint density at radius 1 is 1.15 bits per heavy atom. The number of benzene rings is 1. The zero-order chi connectivity index (χ0) is 27.7. The Morgan fingerprint density at radius 2 is 1.87 bits per heavy atom. The molecule has 1 aliphatic heterocycles. The summed E-state index contributed by atoms with van der Waals surface area (Å²) in [4.78, 5) is 35.1. The van der Waals surface area contributed by atoms with Gasteiger partial charge in [0, 0.05) is 62.2 Å². The van der Waals surface area contributed by atoms with Gasteiger partial charge in [-0.05, 0) is 49.6 Å². The normalized spacial score (nSPS) is 18.1. The van der Waals surface area contributed by atoms with E-state index in [0.717, 1.165) is 18.7 Å². The van der Waals surface area contributed by atoms with E-state index in [0.29, 0.717) is 28.8 Å². The van der Waals surface area contributed by atoms with Gasteiger partial charge < -0.3 is 20.0 Å². The Balaban J connectivity index is 1.31. The number of carbonyl (C=O) groups is 1. The number of aliphatic hydroxyl groups is 1. The minimum atomic E-state index is -0.819. The number of nitrogens with one attached hydrogen (secondary N) is 2. The van der Waals surface area contributed by atoms with Crippen molar-refractivity contribution in [3.05, 3.63) is 99.5 Å². The van der Waals surface area contributed by atoms with E-state index in [1.54, 1.807) is 18.3 Å². The van der Waals surface area contributed by atoms with E-state index in [2.05, 4.69) is 32.3 Å². The molecule has 1 aliphatic rings. The molecular formula is C30H34FN5O3. The van der Waals surface area contributed by atoms with E-state index >= 15 is 0 Å². The minimum absolute atomic E-state index is 0.0841. The average Bonchev–Trinajstić information content (AvgIpc) is 3.47. The van der Waals surface area contributed by atoms with E-state index in [-0.39, 0.29) is 36.4 Å². The Kier molecular flexibility index (Phi) is 7.38. The van der Waals surface area contributed by atoms with E-state index in [4.69, 9.17) is 0 Å². The lowest BCUT2D eigenvalue weighted by Crippen LogP contribution is -2.37. The van der Waals surface area contributed by atoms with Crippen LogP contribution in [0, 0.1) is 12.7 Å². The van der Waals surface area contributed by atoms with Crippen LogP contribution in [0.5, 0.6) is 0 Å². The maximum atomic E-state index is 13.9. The smallest absolute Gasteiger partial charge is 0.251 e. The Labute approximate surface area is 226 Å². The molecule has 1 amide bonds. The molecule has 0 bridgehead atoms. The Bertz CT molecular complexity index is 1540. The van der Waals surface area contributed by atoms with Crippen LogP contribution in [0.1, 0.15) is 48.1 Å². The number of carbonyl (C=O) groups excluding carboxylic acids is 1. The highest BCUT2D eigenvalue weighted by molar-refractivity contribution is 5.78. The predicted octanol–water partition coefficient (Wildman–Crippen LogP) is 3.44. The lowest BCUT2D eigenvalue weighted by molar-refractivity contribution is -0.121. The summed E-state index contributed by atoms with van der Waals surface area (Å²) in [7, 11) is 0. The largest absolute Gasteiger partial charge is 0.389 e. The third-order valence-corrected chi connectivity index (χ3v) is 7.35. The Morgan fingerprint density at radius 3 is 2.56 bits per heavy atom. The first kappa shape index (κ1) is 26.8. The quantitative estimate of drug-likeness (QED) is 0.323. The van der Waals surface area contributed by atoms with Gasteiger partial charge in [-0.1, -0.05) is 30.3 Å². The standard InChI is InChI=1S/C30H34FN5O3/c1-19-9-22(25-16-35(18-30(2,3)39)15-24(25)21-7-5-4-6-8-21)11-28(38)36(19)17-27(37)32-12-20-10-23-26(31)14-34-29(23)33-13-20/h4-11,13-14,24-25,39H,12,15-18H2,1-3H3,(H,32,37)(H,33,34)/t24-,25+/m1/s1. The van der Waals surface area contributed by atoms with Crippen LogP contribution >= 0.6 is 0 Å². The molecule has 39 heavy (non-hydrogen) atoms. The lowest BCUT2D eigenvalue weighted by Gasteiger charge is -2.25. The van der Waals surface area contributed by atoms with Gasteiger partial charge in [0.25, 0.3) is 5.56 Å². The first-order valence-electron chi connectivity index (χ1n) is 13.2. The van der Waals surface area contributed by atoms with Crippen LogP contribution in [-0.2, 0) is 17.9 Å². The number of β-amino-alcohol motifs (C(OH)–C–C–N with tert-alkyl or cyclic N) is 1. The van der Waals surface area contributed by atoms with Crippen LogP contribution in [0.4, 0.5) is 4.39 Å². The number of rotatable bonds is 8. The molecule has 1 aromatic carbocycles. The number of hydrogen-bond donors (Lipinski definition) is 3. The molecule has 8 nitrogen and oxygen atoms in total. The lowest BCUT2D eigenvalue weighted by atomic mass is 9.84. The molecule has 1 fully saturated rings. The molecule has 4 aromatic rings. The molecule has 0 aliphatic carbocycles. The molecule has 1 saturated heterocycles. The summed E-state index contributed by atoms with van der Waals surface area (Å²) in [6.45, 7) is 7.58. The zero-order valence-electron chi connectivity index (χ0n) is 22.4. The van der Waals surface area contributed by atoms with Crippen molar-refractivity contribution in [3.63, 3.8) is 0 Å². The van der Waals surface area contributed by atoms with Crippen LogP contribution in [0.15, 0.2) is 65.7 Å². The number of nitrogens with zero attached hydrogens (tertiary/aromatic N) is 3. The topological polar surface area (TPSA) is 103 Å². The number of amides is 1. The number of aromatic amines is 1. The molecule has 4 heterocycles. The fourth-order valence-corrected chi connectivity index (χ4v) is 5.62. The van der Waals surface area contributed by atoms with Gasteiger partial charge >= 0.3 is 0 Å². The van der Waals surface area contributed by atoms with Crippen molar-refractivity contribution in [1.29, 1.82) is 0 Å². The fraction of sp³-hybridized carbons (Fsp3) is 0.367. The van der Waals surface area contributed by atoms with Crippen molar-refractivity contribution >= 4 is 16.9 Å². The molecule has 3 N–H and O–H groups in total. The van der Waals surface area contributed by atoms with Crippen LogP contribution in [0.2, 0.25) is 0 Å². The van der Waals surface area contributed by atoms with Crippen molar-refractivity contribution in [1.82, 2.24) is 24.8 Å². The second-order valence-corrected chi connectivity index (χ2v) is 11.1. The van der Waals surface area contributed by atoms with Gasteiger partial charge in [0.1, 0.15) is 18.0 Å². The molecule has 0 spiro atoms. The molecule has 204 valence electrons. The number of halogens is 1. The molecule has 0 saturated carbocycles. The average molecular weight is 532 g/mol. The van der Waals surface area contributed by atoms with Crippen molar-refractivity contribution in [2.45, 2.75) is 51.3 Å². The summed E-state index contributed by atoms with van der Waals surface area (Å²) in [5.41, 5.74) is 2.91. The first-order chi connectivity index (χ1) is 18.6. The number of hydrogen-bond acceptors (Lipinski definition) is 5. The molecule has 0 radical (unpaired) electrons. The van der Waals surface area contributed by atoms with Crippen molar-refractivity contribution < 1.29 is 14.3 Å². The fourth-order valence-electron chi connectivity index (χ4n) is 5.62. The van der Waals surface area contributed by atoms with Crippen LogP contribution in [-0.4, -0.2) is 55.7 Å². The highest BCUT2D eigenvalue weighted by Crippen LogP contribution is 2.40. The van der Waals surface area contributed by atoms with Gasteiger partial charge in [-0.15, -0.1) is 0 Å². The van der Waals surface area contributed by atoms with Crippen LogP contribution in [0.25, 0.3) is 11.0 Å². The summed E-state index contributed by atoms with van der Waals surface area (Å²) in [5, 5.41) is 13.6. The molecule has 2 atom stereocenters. The van der Waals surface area contributed by atoms with E-state index < -0.39 is 11.4 Å². The van der Waals surface area contributed by atoms with E-state index in [1.807, 2.05) is 45.0 Å². The van der Waals surface area contributed by atoms with Gasteiger partial charge in [-0.25, -0.2) is 9.37 Å². The van der Waals surface area contributed by atoms with Crippen LogP contribution in [0.3, 0.4) is 0 Å².